The molecule has 5 nitrogen and oxygen atoms in total. The van der Waals surface area contributed by atoms with E-state index in [0.29, 0.717) is 34.7 Å². The summed E-state index contributed by atoms with van der Waals surface area (Å²) in [5, 5.41) is 19.6. The first-order chi connectivity index (χ1) is 10.1. The molecule has 0 spiro atoms. The number of halogens is 1. The zero-order chi connectivity index (χ0) is 15.0. The van der Waals surface area contributed by atoms with Gasteiger partial charge in [0, 0.05) is 24.0 Å². The number of hydrogen-bond acceptors (Lipinski definition) is 4. The number of ether oxygens (including phenoxy) is 2. The van der Waals surface area contributed by atoms with Gasteiger partial charge >= 0.3 is 5.97 Å². The van der Waals surface area contributed by atoms with Crippen LogP contribution in [0.25, 0.3) is 0 Å². The molecule has 0 saturated heterocycles. The van der Waals surface area contributed by atoms with Gasteiger partial charge in [-0.15, -0.1) is 0 Å². The molecule has 1 atom stereocenters. The molecule has 0 amide bonds. The molecular weight excluding hydrogens is 340 g/mol. The molecule has 6 heteroatoms. The number of carbonyl (C=O) groups is 1. The first-order valence-corrected chi connectivity index (χ1v) is 7.90. The molecule has 2 aliphatic rings. The average Bonchev–Trinajstić information content (AvgIpc) is 3.24. The Morgan fingerprint density at radius 1 is 1.38 bits per heavy atom. The summed E-state index contributed by atoms with van der Waals surface area (Å²) in [7, 11) is 0. The van der Waals surface area contributed by atoms with E-state index in [0.717, 1.165) is 19.3 Å². The molecular formula is C15H17BrO5. The molecule has 3 rings (SSSR count). The number of aliphatic carboxylic acids is 1. The summed E-state index contributed by atoms with van der Waals surface area (Å²) < 4.78 is 11.9. The largest absolute Gasteiger partial charge is 0.506 e. The van der Waals surface area contributed by atoms with Gasteiger partial charge in [0.05, 0.1) is 24.1 Å². The van der Waals surface area contributed by atoms with Crippen LogP contribution in [0.2, 0.25) is 0 Å². The van der Waals surface area contributed by atoms with Crippen LogP contribution in [0.15, 0.2) is 10.5 Å². The number of fused-ring (bicyclic) bond motifs is 1. The van der Waals surface area contributed by atoms with Crippen molar-refractivity contribution in [2.24, 2.45) is 5.92 Å². The minimum Gasteiger partial charge on any atom is -0.506 e. The van der Waals surface area contributed by atoms with Gasteiger partial charge < -0.3 is 19.7 Å². The quantitative estimate of drug-likeness (QED) is 0.865. The Bertz CT molecular complexity index is 568. The standard InChI is InChI=1S/C15H17BrO5/c16-10-7-11-15(21-5-1-4-20-11)13(14(10)19)9(6-12(17)18)8-2-3-8/h7-9,19H,1-6H2,(H,17,18). The molecule has 1 heterocycles. The Morgan fingerprint density at radius 2 is 2.10 bits per heavy atom. The summed E-state index contributed by atoms with van der Waals surface area (Å²) in [6.07, 6.45) is 2.73. The van der Waals surface area contributed by atoms with Gasteiger partial charge in [0.2, 0.25) is 0 Å². The fraction of sp³-hybridized carbons (Fsp3) is 0.533. The molecule has 1 saturated carbocycles. The third-order valence-corrected chi connectivity index (χ3v) is 4.56. The second-order valence-corrected chi connectivity index (χ2v) is 6.39. The molecule has 0 aromatic heterocycles. The van der Waals surface area contributed by atoms with Crippen LogP contribution < -0.4 is 9.47 Å². The normalized spacial score (nSPS) is 18.9. The Balaban J connectivity index is 2.10. The lowest BCUT2D eigenvalue weighted by Crippen LogP contribution is -2.11. The number of benzene rings is 1. The molecule has 1 aliphatic carbocycles. The molecule has 1 fully saturated rings. The molecule has 1 aliphatic heterocycles. The topological polar surface area (TPSA) is 76.0 Å². The first-order valence-electron chi connectivity index (χ1n) is 7.10. The van der Waals surface area contributed by atoms with E-state index in [4.69, 9.17) is 9.47 Å². The second-order valence-electron chi connectivity index (χ2n) is 5.54. The maximum Gasteiger partial charge on any atom is 0.303 e. The summed E-state index contributed by atoms with van der Waals surface area (Å²) in [6.45, 7) is 1.06. The van der Waals surface area contributed by atoms with Crippen LogP contribution in [0.3, 0.4) is 0 Å². The second kappa shape index (κ2) is 5.75. The van der Waals surface area contributed by atoms with E-state index in [-0.39, 0.29) is 24.0 Å². The van der Waals surface area contributed by atoms with Crippen LogP contribution in [-0.4, -0.2) is 29.4 Å². The maximum absolute atomic E-state index is 11.2. The van der Waals surface area contributed by atoms with Gasteiger partial charge in [-0.2, -0.15) is 0 Å². The van der Waals surface area contributed by atoms with Crippen LogP contribution in [0.5, 0.6) is 17.2 Å². The molecule has 1 aromatic rings. The minimum absolute atomic E-state index is 0.00944. The molecule has 1 unspecified atom stereocenters. The van der Waals surface area contributed by atoms with Gasteiger partial charge in [-0.05, 0) is 34.7 Å². The Morgan fingerprint density at radius 3 is 2.76 bits per heavy atom. The number of carboxylic acid groups (broad SMARTS) is 1. The zero-order valence-corrected chi connectivity index (χ0v) is 13.1. The highest BCUT2D eigenvalue weighted by Gasteiger charge is 2.39. The van der Waals surface area contributed by atoms with Crippen molar-refractivity contribution in [3.05, 3.63) is 16.1 Å². The van der Waals surface area contributed by atoms with Crippen molar-refractivity contribution in [1.29, 1.82) is 0 Å². The van der Waals surface area contributed by atoms with Gasteiger partial charge in [0.25, 0.3) is 0 Å². The number of carboxylic acids is 1. The summed E-state index contributed by atoms with van der Waals surface area (Å²) in [4.78, 5) is 11.2. The number of rotatable bonds is 4. The van der Waals surface area contributed by atoms with Crippen LogP contribution >= 0.6 is 15.9 Å². The number of aromatic hydroxyl groups is 1. The van der Waals surface area contributed by atoms with Crippen molar-refractivity contribution in [1.82, 2.24) is 0 Å². The summed E-state index contributed by atoms with van der Waals surface area (Å²) in [5.41, 5.74) is 0.575. The lowest BCUT2D eigenvalue weighted by Gasteiger charge is -2.22. The first kappa shape index (κ1) is 14.5. The summed E-state index contributed by atoms with van der Waals surface area (Å²) in [5.74, 6) is 0.328. The van der Waals surface area contributed by atoms with Crippen LogP contribution in [-0.2, 0) is 4.79 Å². The smallest absolute Gasteiger partial charge is 0.303 e. The highest BCUT2D eigenvalue weighted by molar-refractivity contribution is 9.10. The predicted molar refractivity (Wildman–Crippen MR) is 79.1 cm³/mol. The molecule has 21 heavy (non-hydrogen) atoms. The van der Waals surface area contributed by atoms with Crippen molar-refractivity contribution in [2.45, 2.75) is 31.6 Å². The fourth-order valence-corrected chi connectivity index (χ4v) is 3.25. The summed E-state index contributed by atoms with van der Waals surface area (Å²) in [6, 6.07) is 1.68. The fourth-order valence-electron chi connectivity index (χ4n) is 2.82. The molecule has 1 aromatic carbocycles. The van der Waals surface area contributed by atoms with E-state index in [2.05, 4.69) is 15.9 Å². The highest BCUT2D eigenvalue weighted by atomic mass is 79.9. The Kier molecular flexibility index (Phi) is 3.97. The van der Waals surface area contributed by atoms with E-state index >= 15 is 0 Å². The number of phenolic OH excluding ortho intramolecular Hbond substituents is 1. The lowest BCUT2D eigenvalue weighted by atomic mass is 9.89. The molecule has 114 valence electrons. The Hall–Kier alpha value is -1.43. The van der Waals surface area contributed by atoms with Crippen molar-refractivity contribution in [3.63, 3.8) is 0 Å². The van der Waals surface area contributed by atoms with E-state index in [1.54, 1.807) is 6.07 Å². The van der Waals surface area contributed by atoms with Gasteiger partial charge in [0.15, 0.2) is 11.5 Å². The molecule has 2 N–H and O–H groups in total. The zero-order valence-electron chi connectivity index (χ0n) is 11.5. The van der Waals surface area contributed by atoms with Crippen LogP contribution in [0.4, 0.5) is 0 Å². The SMILES string of the molecule is O=C(O)CC(c1c(O)c(Br)cc2c1OCCCO2)C1CC1. The van der Waals surface area contributed by atoms with Gasteiger partial charge in [0.1, 0.15) is 5.75 Å². The Labute approximate surface area is 131 Å². The maximum atomic E-state index is 11.2. The van der Waals surface area contributed by atoms with E-state index in [1.807, 2.05) is 0 Å². The van der Waals surface area contributed by atoms with Crippen molar-refractivity contribution < 1.29 is 24.5 Å². The van der Waals surface area contributed by atoms with Crippen molar-refractivity contribution in [3.8, 4) is 17.2 Å². The minimum atomic E-state index is -0.866. The van der Waals surface area contributed by atoms with Crippen molar-refractivity contribution in [2.75, 3.05) is 13.2 Å². The van der Waals surface area contributed by atoms with Gasteiger partial charge in [-0.25, -0.2) is 0 Å². The average molecular weight is 357 g/mol. The third kappa shape index (κ3) is 2.95. The lowest BCUT2D eigenvalue weighted by molar-refractivity contribution is -0.137. The van der Waals surface area contributed by atoms with Gasteiger partial charge in [-0.3, -0.25) is 4.79 Å². The van der Waals surface area contributed by atoms with Gasteiger partial charge in [-0.1, -0.05) is 0 Å². The summed E-state index contributed by atoms with van der Waals surface area (Å²) >= 11 is 3.32. The molecule has 0 radical (unpaired) electrons. The third-order valence-electron chi connectivity index (χ3n) is 3.96. The predicted octanol–water partition coefficient (Wildman–Crippen LogP) is 3.28. The number of phenols is 1. The molecule has 0 bridgehead atoms. The monoisotopic (exact) mass is 356 g/mol. The van der Waals surface area contributed by atoms with Crippen molar-refractivity contribution >= 4 is 21.9 Å². The van der Waals surface area contributed by atoms with Crippen LogP contribution in [0, 0.1) is 5.92 Å². The van der Waals surface area contributed by atoms with E-state index < -0.39 is 5.97 Å². The highest BCUT2D eigenvalue weighted by Crippen LogP contribution is 2.54. The van der Waals surface area contributed by atoms with Crippen LogP contribution in [0.1, 0.15) is 37.2 Å². The number of hydrogen-bond donors (Lipinski definition) is 2. The van der Waals surface area contributed by atoms with E-state index in [9.17, 15) is 15.0 Å². The van der Waals surface area contributed by atoms with E-state index in [1.165, 1.54) is 0 Å².